The first kappa shape index (κ1) is 35.6. The highest BCUT2D eigenvalue weighted by Gasteiger charge is 1.98. The van der Waals surface area contributed by atoms with E-state index in [9.17, 15) is 0 Å². The molecule has 1 aromatic carbocycles. The SMILES string of the molecule is CCCCCCCCCc1ccc(OCCOCCOCCOCCOCCOCCCCCCI)cc1. The van der Waals surface area contributed by atoms with Crippen molar-refractivity contribution in [2.24, 2.45) is 0 Å². The molecule has 0 amide bonds. The lowest BCUT2D eigenvalue weighted by atomic mass is 10.0. The van der Waals surface area contributed by atoms with Gasteiger partial charge in [0.2, 0.25) is 0 Å². The fourth-order valence-electron chi connectivity index (χ4n) is 3.89. The molecule has 0 saturated carbocycles. The van der Waals surface area contributed by atoms with E-state index in [0.717, 1.165) is 25.2 Å². The van der Waals surface area contributed by atoms with E-state index in [1.54, 1.807) is 0 Å². The van der Waals surface area contributed by atoms with Gasteiger partial charge in [0.15, 0.2) is 0 Å². The van der Waals surface area contributed by atoms with Gasteiger partial charge in [0.25, 0.3) is 0 Å². The summed E-state index contributed by atoms with van der Waals surface area (Å²) in [7, 11) is 0. The van der Waals surface area contributed by atoms with Gasteiger partial charge in [-0.3, -0.25) is 0 Å². The van der Waals surface area contributed by atoms with Crippen LogP contribution >= 0.6 is 22.6 Å². The largest absolute Gasteiger partial charge is 0.491 e. The fraction of sp³-hybridized carbons (Fsp3) is 0.806. The van der Waals surface area contributed by atoms with Crippen LogP contribution in [-0.4, -0.2) is 77.1 Å². The van der Waals surface area contributed by atoms with Gasteiger partial charge in [-0.25, -0.2) is 0 Å². The lowest BCUT2D eigenvalue weighted by molar-refractivity contribution is -0.0128. The summed E-state index contributed by atoms with van der Waals surface area (Å²) in [6.07, 6.45) is 15.6. The van der Waals surface area contributed by atoms with Crippen molar-refractivity contribution in [3.8, 4) is 5.75 Å². The topological polar surface area (TPSA) is 55.4 Å². The predicted molar refractivity (Wildman–Crippen MR) is 165 cm³/mol. The molecule has 1 rings (SSSR count). The van der Waals surface area contributed by atoms with E-state index >= 15 is 0 Å². The van der Waals surface area contributed by atoms with Crippen LogP contribution < -0.4 is 4.74 Å². The van der Waals surface area contributed by atoms with Gasteiger partial charge < -0.3 is 28.4 Å². The molecule has 7 heteroatoms. The zero-order valence-corrected chi connectivity index (χ0v) is 26.3. The lowest BCUT2D eigenvalue weighted by Crippen LogP contribution is -2.14. The van der Waals surface area contributed by atoms with Crippen LogP contribution in [0.4, 0.5) is 0 Å². The molecule has 0 unspecified atom stereocenters. The maximum absolute atomic E-state index is 5.77. The van der Waals surface area contributed by atoms with E-state index in [0.29, 0.717) is 66.1 Å². The van der Waals surface area contributed by atoms with Crippen molar-refractivity contribution < 1.29 is 28.4 Å². The number of aryl methyl sites for hydroxylation is 1. The van der Waals surface area contributed by atoms with Gasteiger partial charge in [-0.2, -0.15) is 0 Å². The first-order chi connectivity index (χ1) is 18.9. The Morgan fingerprint density at radius 3 is 1.47 bits per heavy atom. The summed E-state index contributed by atoms with van der Waals surface area (Å²) in [6, 6.07) is 8.49. The highest BCUT2D eigenvalue weighted by molar-refractivity contribution is 14.1. The number of hydrogen-bond acceptors (Lipinski definition) is 6. The predicted octanol–water partition coefficient (Wildman–Crippen LogP) is 7.44. The Labute approximate surface area is 246 Å². The standard InChI is InChI=1S/C31H55IO6/c1-2-3-4-5-6-7-10-13-30-14-16-31(17-15-30)38-29-28-37-27-26-36-25-24-35-23-22-34-21-20-33-19-12-9-8-11-18-32/h14-17H,2-13,18-29H2,1H3. The molecule has 6 nitrogen and oxygen atoms in total. The van der Waals surface area contributed by atoms with Crippen molar-refractivity contribution in [3.05, 3.63) is 29.8 Å². The highest BCUT2D eigenvalue weighted by atomic mass is 127. The number of halogens is 1. The molecule has 222 valence electrons. The Morgan fingerprint density at radius 2 is 0.921 bits per heavy atom. The van der Waals surface area contributed by atoms with Crippen LogP contribution in [0.1, 0.15) is 83.1 Å². The minimum atomic E-state index is 0.546. The minimum absolute atomic E-state index is 0.546. The molecule has 38 heavy (non-hydrogen) atoms. The van der Waals surface area contributed by atoms with E-state index in [4.69, 9.17) is 28.4 Å². The second-order valence-corrected chi connectivity index (χ2v) is 10.6. The molecule has 0 aliphatic rings. The Hall–Kier alpha value is -0.450. The van der Waals surface area contributed by atoms with Crippen molar-refractivity contribution in [1.82, 2.24) is 0 Å². The van der Waals surface area contributed by atoms with Gasteiger partial charge in [0, 0.05) is 6.61 Å². The summed E-state index contributed by atoms with van der Waals surface area (Å²) in [5.41, 5.74) is 1.39. The quantitative estimate of drug-likeness (QED) is 0.0491. The summed E-state index contributed by atoms with van der Waals surface area (Å²) in [5, 5.41) is 0. The summed E-state index contributed by atoms with van der Waals surface area (Å²) in [5.74, 6) is 0.902. The number of alkyl halides is 1. The van der Waals surface area contributed by atoms with Gasteiger partial charge >= 0.3 is 0 Å². The van der Waals surface area contributed by atoms with Gasteiger partial charge in [0.1, 0.15) is 12.4 Å². The number of benzene rings is 1. The van der Waals surface area contributed by atoms with Crippen molar-refractivity contribution in [1.29, 1.82) is 0 Å². The third-order valence-electron chi connectivity index (χ3n) is 6.15. The number of rotatable bonds is 30. The molecule has 0 aromatic heterocycles. The number of ether oxygens (including phenoxy) is 6. The lowest BCUT2D eigenvalue weighted by Gasteiger charge is -2.09. The average molecular weight is 651 g/mol. The summed E-state index contributed by atoms with van der Waals surface area (Å²) < 4.78 is 34.7. The second-order valence-electron chi connectivity index (χ2n) is 9.53. The molecule has 0 radical (unpaired) electrons. The molecule has 0 atom stereocenters. The molecular weight excluding hydrogens is 595 g/mol. The zero-order valence-electron chi connectivity index (χ0n) is 24.1. The molecule has 0 bridgehead atoms. The third kappa shape index (κ3) is 24.6. The van der Waals surface area contributed by atoms with E-state index in [1.807, 2.05) is 0 Å². The van der Waals surface area contributed by atoms with E-state index in [1.165, 1.54) is 74.2 Å². The molecule has 0 spiro atoms. The molecule has 0 fully saturated rings. The van der Waals surface area contributed by atoms with Crippen molar-refractivity contribution >= 4 is 22.6 Å². The maximum atomic E-state index is 5.77. The molecule has 0 N–H and O–H groups in total. The summed E-state index contributed by atoms with van der Waals surface area (Å²) in [4.78, 5) is 0. The first-order valence-electron chi connectivity index (χ1n) is 15.0. The zero-order chi connectivity index (χ0) is 27.2. The van der Waals surface area contributed by atoms with Crippen LogP contribution in [0.15, 0.2) is 24.3 Å². The molecule has 1 aromatic rings. The number of unbranched alkanes of at least 4 members (excludes halogenated alkanes) is 9. The van der Waals surface area contributed by atoms with Crippen LogP contribution in [0, 0.1) is 0 Å². The van der Waals surface area contributed by atoms with Gasteiger partial charge in [-0.05, 0) is 47.8 Å². The van der Waals surface area contributed by atoms with Crippen LogP contribution in [-0.2, 0) is 30.1 Å². The minimum Gasteiger partial charge on any atom is -0.491 e. The molecule has 0 saturated heterocycles. The average Bonchev–Trinajstić information content (AvgIpc) is 2.94. The Bertz CT molecular complexity index is 586. The van der Waals surface area contributed by atoms with E-state index < -0.39 is 0 Å². The van der Waals surface area contributed by atoms with Crippen molar-refractivity contribution in [2.45, 2.75) is 84.0 Å². The van der Waals surface area contributed by atoms with Crippen LogP contribution in [0.5, 0.6) is 5.75 Å². The Morgan fingerprint density at radius 1 is 0.474 bits per heavy atom. The maximum Gasteiger partial charge on any atom is 0.119 e. The van der Waals surface area contributed by atoms with E-state index in [2.05, 4.69) is 53.8 Å². The summed E-state index contributed by atoms with van der Waals surface area (Å²) >= 11 is 2.43. The summed E-state index contributed by atoms with van der Waals surface area (Å²) in [6.45, 7) is 8.89. The molecule has 0 aliphatic heterocycles. The fourth-order valence-corrected chi connectivity index (χ4v) is 4.43. The second kappa shape index (κ2) is 29.5. The first-order valence-corrected chi connectivity index (χ1v) is 16.6. The number of hydrogen-bond donors (Lipinski definition) is 0. The van der Waals surface area contributed by atoms with Crippen LogP contribution in [0.25, 0.3) is 0 Å². The van der Waals surface area contributed by atoms with Crippen LogP contribution in [0.2, 0.25) is 0 Å². The van der Waals surface area contributed by atoms with Gasteiger partial charge in [-0.15, -0.1) is 0 Å². The van der Waals surface area contributed by atoms with Crippen LogP contribution in [0.3, 0.4) is 0 Å². The van der Waals surface area contributed by atoms with Crippen molar-refractivity contribution in [2.75, 3.05) is 77.1 Å². The molecule has 0 aliphatic carbocycles. The molecular formula is C31H55IO6. The monoisotopic (exact) mass is 650 g/mol. The Kier molecular flexibility index (Phi) is 27.6. The molecule has 0 heterocycles. The van der Waals surface area contributed by atoms with Gasteiger partial charge in [-0.1, -0.05) is 93.0 Å². The highest BCUT2D eigenvalue weighted by Crippen LogP contribution is 2.15. The smallest absolute Gasteiger partial charge is 0.119 e. The van der Waals surface area contributed by atoms with E-state index in [-0.39, 0.29) is 0 Å². The normalized spacial score (nSPS) is 11.3. The van der Waals surface area contributed by atoms with Gasteiger partial charge in [0.05, 0.1) is 59.5 Å². The Balaban J connectivity index is 1.78. The van der Waals surface area contributed by atoms with Crippen molar-refractivity contribution in [3.63, 3.8) is 0 Å². The third-order valence-corrected chi connectivity index (χ3v) is 6.91.